The Balaban J connectivity index is 1.83. The third kappa shape index (κ3) is 3.31. The van der Waals surface area contributed by atoms with E-state index >= 15 is 0 Å². The molecule has 1 aromatic carbocycles. The molecule has 110 valence electrons. The summed E-state index contributed by atoms with van der Waals surface area (Å²) in [5.74, 6) is 0.198. The van der Waals surface area contributed by atoms with E-state index < -0.39 is 0 Å². The molecule has 0 saturated heterocycles. The molecule has 0 aliphatic heterocycles. The van der Waals surface area contributed by atoms with Crippen LogP contribution in [0.2, 0.25) is 0 Å². The van der Waals surface area contributed by atoms with Crippen LogP contribution < -0.4 is 4.74 Å². The first-order chi connectivity index (χ1) is 10.1. The van der Waals surface area contributed by atoms with E-state index in [0.29, 0.717) is 17.5 Å². The van der Waals surface area contributed by atoms with Crippen molar-refractivity contribution in [3.8, 4) is 5.75 Å². The fourth-order valence-electron chi connectivity index (χ4n) is 2.62. The maximum Gasteiger partial charge on any atom is 0.363 e. The number of hydrogen-bond donors (Lipinski definition) is 0. The zero-order valence-electron chi connectivity index (χ0n) is 11.3. The summed E-state index contributed by atoms with van der Waals surface area (Å²) >= 11 is 5.50. The summed E-state index contributed by atoms with van der Waals surface area (Å²) in [5.41, 5.74) is 0.561. The second-order valence-corrected chi connectivity index (χ2v) is 7.15. The van der Waals surface area contributed by atoms with Crippen LogP contribution in [0.5, 0.6) is 5.75 Å². The van der Waals surface area contributed by atoms with Gasteiger partial charge in [0, 0.05) is 4.47 Å². The van der Waals surface area contributed by atoms with Gasteiger partial charge >= 0.3 is 5.97 Å². The summed E-state index contributed by atoms with van der Waals surface area (Å²) in [4.78, 5) is 12.5. The maximum absolute atomic E-state index is 12.5. The van der Waals surface area contributed by atoms with E-state index in [2.05, 4.69) is 43.6 Å². The van der Waals surface area contributed by atoms with Crippen LogP contribution in [0, 0.1) is 3.57 Å². The minimum atomic E-state index is -0.342. The van der Waals surface area contributed by atoms with Crippen molar-refractivity contribution >= 4 is 44.5 Å². The number of halogens is 2. The van der Waals surface area contributed by atoms with Crippen molar-refractivity contribution in [2.24, 2.45) is 0 Å². The number of aromatic nitrogens is 2. The first kappa shape index (κ1) is 15.0. The van der Waals surface area contributed by atoms with Gasteiger partial charge in [-0.2, -0.15) is 5.10 Å². The molecule has 0 unspecified atom stereocenters. The Morgan fingerprint density at radius 2 is 1.95 bits per heavy atom. The van der Waals surface area contributed by atoms with Crippen LogP contribution in [0.4, 0.5) is 0 Å². The number of hydrogen-bond acceptors (Lipinski definition) is 3. The third-order valence-corrected chi connectivity index (χ3v) is 4.96. The molecule has 0 N–H and O–H groups in total. The van der Waals surface area contributed by atoms with Crippen LogP contribution in [-0.4, -0.2) is 15.7 Å². The van der Waals surface area contributed by atoms with E-state index in [1.165, 1.54) is 12.8 Å². The summed E-state index contributed by atoms with van der Waals surface area (Å²) in [5, 5.41) is 4.38. The lowest BCUT2D eigenvalue weighted by Crippen LogP contribution is -2.19. The molecular weight excluding hydrogens is 447 g/mol. The fourth-order valence-corrected chi connectivity index (χ4v) is 3.47. The quantitative estimate of drug-likeness (QED) is 0.382. The van der Waals surface area contributed by atoms with Crippen molar-refractivity contribution in [2.75, 3.05) is 0 Å². The van der Waals surface area contributed by atoms with Crippen LogP contribution >= 0.6 is 38.5 Å². The standard InChI is InChI=1S/C15H14BrIN2O2/c16-10-5-7-12(8-6-10)21-15(20)14-13(17)9-18-19(14)11-3-1-2-4-11/h5-9,11H,1-4H2. The lowest BCUT2D eigenvalue weighted by Gasteiger charge is -2.13. The van der Waals surface area contributed by atoms with Gasteiger partial charge in [0.1, 0.15) is 5.75 Å². The van der Waals surface area contributed by atoms with Crippen LogP contribution in [0.15, 0.2) is 34.9 Å². The van der Waals surface area contributed by atoms with E-state index in [-0.39, 0.29) is 5.97 Å². The van der Waals surface area contributed by atoms with Gasteiger partial charge in [-0.05, 0) is 59.7 Å². The Morgan fingerprint density at radius 1 is 1.29 bits per heavy atom. The molecule has 1 aliphatic rings. The molecule has 2 aromatic rings. The highest BCUT2D eigenvalue weighted by Gasteiger charge is 2.26. The van der Waals surface area contributed by atoms with E-state index in [0.717, 1.165) is 20.9 Å². The maximum atomic E-state index is 12.5. The Hall–Kier alpha value is -0.890. The highest BCUT2D eigenvalue weighted by molar-refractivity contribution is 14.1. The van der Waals surface area contributed by atoms with Crippen molar-refractivity contribution in [3.63, 3.8) is 0 Å². The molecular formula is C15H14BrIN2O2. The van der Waals surface area contributed by atoms with Gasteiger partial charge in [-0.3, -0.25) is 4.68 Å². The number of esters is 1. The zero-order valence-corrected chi connectivity index (χ0v) is 15.0. The van der Waals surface area contributed by atoms with Crippen molar-refractivity contribution in [3.05, 3.63) is 44.2 Å². The average Bonchev–Trinajstić information content (AvgIpc) is 3.10. The normalized spacial score (nSPS) is 15.3. The molecule has 0 atom stereocenters. The molecule has 1 saturated carbocycles. The van der Waals surface area contributed by atoms with Crippen molar-refractivity contribution < 1.29 is 9.53 Å². The second kappa shape index (κ2) is 6.48. The molecule has 1 aliphatic carbocycles. The Morgan fingerprint density at radius 3 is 2.62 bits per heavy atom. The average molecular weight is 461 g/mol. The predicted molar refractivity (Wildman–Crippen MR) is 91.5 cm³/mol. The summed E-state index contributed by atoms with van der Waals surface area (Å²) in [6.07, 6.45) is 6.29. The van der Waals surface area contributed by atoms with Crippen LogP contribution in [0.1, 0.15) is 42.2 Å². The van der Waals surface area contributed by atoms with Gasteiger partial charge in [-0.1, -0.05) is 28.8 Å². The lowest BCUT2D eigenvalue weighted by atomic mass is 10.2. The zero-order chi connectivity index (χ0) is 14.8. The third-order valence-electron chi connectivity index (χ3n) is 3.64. The topological polar surface area (TPSA) is 44.1 Å². The van der Waals surface area contributed by atoms with Crippen LogP contribution in [0.25, 0.3) is 0 Å². The summed E-state index contributed by atoms with van der Waals surface area (Å²) in [6.45, 7) is 0. The van der Waals surface area contributed by atoms with E-state index in [4.69, 9.17) is 4.74 Å². The van der Waals surface area contributed by atoms with Crippen LogP contribution in [0.3, 0.4) is 0 Å². The lowest BCUT2D eigenvalue weighted by molar-refractivity contribution is 0.0717. The first-order valence-electron chi connectivity index (χ1n) is 6.86. The first-order valence-corrected chi connectivity index (χ1v) is 8.73. The van der Waals surface area contributed by atoms with Gasteiger partial charge in [0.05, 0.1) is 15.8 Å². The largest absolute Gasteiger partial charge is 0.422 e. The Kier molecular flexibility index (Phi) is 4.63. The molecule has 1 heterocycles. The molecule has 1 fully saturated rings. The summed E-state index contributed by atoms with van der Waals surface area (Å²) in [7, 11) is 0. The van der Waals surface area contributed by atoms with Gasteiger partial charge in [-0.15, -0.1) is 0 Å². The molecule has 21 heavy (non-hydrogen) atoms. The number of nitrogens with zero attached hydrogens (tertiary/aromatic N) is 2. The second-order valence-electron chi connectivity index (χ2n) is 5.07. The number of carbonyl (C=O) groups excluding carboxylic acids is 1. The number of ether oxygens (including phenoxy) is 1. The highest BCUT2D eigenvalue weighted by Crippen LogP contribution is 2.31. The Bertz CT molecular complexity index is 648. The predicted octanol–water partition coefficient (Wildman–Crippen LogP) is 4.58. The molecule has 0 radical (unpaired) electrons. The molecule has 0 bridgehead atoms. The summed E-state index contributed by atoms with van der Waals surface area (Å²) < 4.78 is 9.10. The van der Waals surface area contributed by atoms with Crippen molar-refractivity contribution in [1.82, 2.24) is 9.78 Å². The summed E-state index contributed by atoms with van der Waals surface area (Å²) in [6, 6.07) is 7.56. The SMILES string of the molecule is O=C(Oc1ccc(Br)cc1)c1c(I)cnn1C1CCCC1. The van der Waals surface area contributed by atoms with Gasteiger partial charge in [0.15, 0.2) is 5.69 Å². The van der Waals surface area contributed by atoms with Gasteiger partial charge in [0.2, 0.25) is 0 Å². The minimum absolute atomic E-state index is 0.320. The molecule has 3 rings (SSSR count). The Labute approximate surface area is 145 Å². The van der Waals surface area contributed by atoms with Crippen LogP contribution in [-0.2, 0) is 0 Å². The number of rotatable bonds is 3. The molecule has 4 nitrogen and oxygen atoms in total. The molecule has 0 spiro atoms. The van der Waals surface area contributed by atoms with E-state index in [9.17, 15) is 4.79 Å². The molecule has 6 heteroatoms. The monoisotopic (exact) mass is 460 g/mol. The smallest absolute Gasteiger partial charge is 0.363 e. The van der Waals surface area contributed by atoms with Crippen molar-refractivity contribution in [1.29, 1.82) is 0 Å². The highest BCUT2D eigenvalue weighted by atomic mass is 127. The minimum Gasteiger partial charge on any atom is -0.422 e. The molecule has 1 aromatic heterocycles. The fraction of sp³-hybridized carbons (Fsp3) is 0.333. The molecule has 0 amide bonds. The number of benzene rings is 1. The van der Waals surface area contributed by atoms with E-state index in [1.54, 1.807) is 18.3 Å². The van der Waals surface area contributed by atoms with E-state index in [1.807, 2.05) is 16.8 Å². The van der Waals surface area contributed by atoms with Crippen molar-refractivity contribution in [2.45, 2.75) is 31.7 Å². The van der Waals surface area contributed by atoms with Gasteiger partial charge in [-0.25, -0.2) is 4.79 Å². The van der Waals surface area contributed by atoms with Gasteiger partial charge < -0.3 is 4.74 Å². The number of carbonyl (C=O) groups is 1. The van der Waals surface area contributed by atoms with Gasteiger partial charge in [0.25, 0.3) is 0 Å².